The Morgan fingerprint density at radius 2 is 2.19 bits per heavy atom. The number of rotatable bonds is 3. The Balaban J connectivity index is 2.07. The lowest BCUT2D eigenvalue weighted by Crippen LogP contribution is -2.42. The maximum atomic E-state index is 6.39. The van der Waals surface area contributed by atoms with Crippen molar-refractivity contribution in [2.24, 2.45) is 5.73 Å². The van der Waals surface area contributed by atoms with Gasteiger partial charge in [-0.2, -0.15) is 11.8 Å². The summed E-state index contributed by atoms with van der Waals surface area (Å²) in [4.78, 5) is 0. The van der Waals surface area contributed by atoms with Gasteiger partial charge in [-0.05, 0) is 50.0 Å². The third-order valence-electron chi connectivity index (χ3n) is 3.73. The van der Waals surface area contributed by atoms with Gasteiger partial charge in [0.25, 0.3) is 0 Å². The van der Waals surface area contributed by atoms with Gasteiger partial charge in [-0.25, -0.2) is 0 Å². The average Bonchev–Trinajstić information content (AvgIpc) is 2.70. The first-order valence-electron chi connectivity index (χ1n) is 6.06. The first-order chi connectivity index (χ1) is 7.62. The normalized spacial score (nSPS) is 26.9. The topological polar surface area (TPSA) is 26.0 Å². The van der Waals surface area contributed by atoms with Crippen LogP contribution in [0.1, 0.15) is 30.9 Å². The fourth-order valence-electron chi connectivity index (χ4n) is 2.39. The molecule has 2 unspecified atom stereocenters. The predicted molar refractivity (Wildman–Crippen MR) is 73.0 cm³/mol. The second kappa shape index (κ2) is 4.80. The van der Waals surface area contributed by atoms with Gasteiger partial charge < -0.3 is 5.73 Å². The highest BCUT2D eigenvalue weighted by Crippen LogP contribution is 2.40. The molecule has 0 amide bonds. The summed E-state index contributed by atoms with van der Waals surface area (Å²) in [6, 6.07) is 8.86. The number of aryl methyl sites for hydroxylation is 1. The summed E-state index contributed by atoms with van der Waals surface area (Å²) in [6.07, 6.45) is 3.60. The zero-order valence-electron chi connectivity index (χ0n) is 10.2. The SMILES string of the molecule is Cc1ccccc1CC(N)C1(C)CCCS1. The Morgan fingerprint density at radius 3 is 2.81 bits per heavy atom. The molecule has 0 radical (unpaired) electrons. The summed E-state index contributed by atoms with van der Waals surface area (Å²) >= 11 is 2.05. The van der Waals surface area contributed by atoms with Gasteiger partial charge in [0, 0.05) is 10.8 Å². The van der Waals surface area contributed by atoms with E-state index >= 15 is 0 Å². The van der Waals surface area contributed by atoms with Crippen LogP contribution in [-0.4, -0.2) is 16.5 Å². The fourth-order valence-corrected chi connectivity index (χ4v) is 3.73. The fraction of sp³-hybridized carbons (Fsp3) is 0.571. The van der Waals surface area contributed by atoms with E-state index in [0.29, 0.717) is 4.75 Å². The van der Waals surface area contributed by atoms with Crippen LogP contribution in [0.2, 0.25) is 0 Å². The molecule has 88 valence electrons. The Labute approximate surface area is 103 Å². The second-order valence-corrected chi connectivity index (χ2v) is 6.63. The van der Waals surface area contributed by atoms with Gasteiger partial charge in [0.15, 0.2) is 0 Å². The van der Waals surface area contributed by atoms with Gasteiger partial charge in [0.1, 0.15) is 0 Å². The maximum absolute atomic E-state index is 6.39. The van der Waals surface area contributed by atoms with Crippen molar-refractivity contribution in [1.82, 2.24) is 0 Å². The molecule has 0 bridgehead atoms. The van der Waals surface area contributed by atoms with E-state index in [4.69, 9.17) is 5.73 Å². The number of hydrogen-bond acceptors (Lipinski definition) is 2. The number of benzene rings is 1. The molecule has 2 rings (SSSR count). The molecule has 1 aromatic rings. The average molecular weight is 235 g/mol. The van der Waals surface area contributed by atoms with Crippen LogP contribution in [0.5, 0.6) is 0 Å². The molecule has 0 aliphatic carbocycles. The van der Waals surface area contributed by atoms with Gasteiger partial charge in [-0.3, -0.25) is 0 Å². The van der Waals surface area contributed by atoms with Gasteiger partial charge in [-0.1, -0.05) is 24.3 Å². The largest absolute Gasteiger partial charge is 0.326 e. The minimum absolute atomic E-state index is 0.279. The Bertz CT molecular complexity index is 356. The van der Waals surface area contributed by atoms with Crippen LogP contribution in [-0.2, 0) is 6.42 Å². The number of nitrogens with two attached hydrogens (primary N) is 1. The summed E-state index contributed by atoms with van der Waals surface area (Å²) in [5.41, 5.74) is 9.16. The van der Waals surface area contributed by atoms with Crippen molar-refractivity contribution in [3.8, 4) is 0 Å². The van der Waals surface area contributed by atoms with E-state index in [1.807, 2.05) is 0 Å². The Morgan fingerprint density at radius 1 is 1.44 bits per heavy atom. The molecular weight excluding hydrogens is 214 g/mol. The lowest BCUT2D eigenvalue weighted by molar-refractivity contribution is 0.482. The maximum Gasteiger partial charge on any atom is 0.0286 e. The second-order valence-electron chi connectivity index (χ2n) is 5.00. The van der Waals surface area contributed by atoms with Crippen molar-refractivity contribution in [3.05, 3.63) is 35.4 Å². The van der Waals surface area contributed by atoms with E-state index < -0.39 is 0 Å². The highest BCUT2D eigenvalue weighted by Gasteiger charge is 2.35. The molecule has 0 spiro atoms. The highest BCUT2D eigenvalue weighted by atomic mass is 32.2. The van der Waals surface area contributed by atoms with Crippen molar-refractivity contribution < 1.29 is 0 Å². The molecule has 2 atom stereocenters. The van der Waals surface area contributed by atoms with E-state index in [-0.39, 0.29) is 6.04 Å². The number of thioether (sulfide) groups is 1. The molecule has 0 saturated carbocycles. The smallest absolute Gasteiger partial charge is 0.0286 e. The standard InChI is InChI=1S/C14H21NS/c1-11-6-3-4-7-12(11)10-13(15)14(2)8-5-9-16-14/h3-4,6-7,13H,5,8-10,15H2,1-2H3. The molecule has 1 aliphatic rings. The van der Waals surface area contributed by atoms with Crippen LogP contribution in [0.15, 0.2) is 24.3 Å². The Hall–Kier alpha value is -0.470. The van der Waals surface area contributed by atoms with Crippen LogP contribution < -0.4 is 5.73 Å². The van der Waals surface area contributed by atoms with E-state index in [0.717, 1.165) is 6.42 Å². The molecular formula is C14H21NS. The molecule has 1 heterocycles. The molecule has 2 N–H and O–H groups in total. The summed E-state index contributed by atoms with van der Waals surface area (Å²) in [5.74, 6) is 1.28. The first kappa shape index (κ1) is 12.0. The molecule has 1 aromatic carbocycles. The lowest BCUT2D eigenvalue weighted by Gasteiger charge is -2.30. The van der Waals surface area contributed by atoms with Gasteiger partial charge in [0.2, 0.25) is 0 Å². The minimum Gasteiger partial charge on any atom is -0.326 e. The van der Waals surface area contributed by atoms with E-state index in [1.54, 1.807) is 0 Å². The minimum atomic E-state index is 0.279. The monoisotopic (exact) mass is 235 g/mol. The highest BCUT2D eigenvalue weighted by molar-refractivity contribution is 8.00. The van der Waals surface area contributed by atoms with Crippen molar-refractivity contribution in [2.45, 2.75) is 43.9 Å². The molecule has 16 heavy (non-hydrogen) atoms. The summed E-state index contributed by atoms with van der Waals surface area (Å²) in [7, 11) is 0. The third-order valence-corrected chi connectivity index (χ3v) is 5.39. The zero-order valence-corrected chi connectivity index (χ0v) is 11.0. The van der Waals surface area contributed by atoms with Gasteiger partial charge in [0.05, 0.1) is 0 Å². The Kier molecular flexibility index (Phi) is 3.60. The van der Waals surface area contributed by atoms with Crippen molar-refractivity contribution in [2.75, 3.05) is 5.75 Å². The molecule has 1 aliphatic heterocycles. The van der Waals surface area contributed by atoms with Crippen molar-refractivity contribution in [1.29, 1.82) is 0 Å². The summed E-state index contributed by atoms with van der Waals surface area (Å²) in [6.45, 7) is 4.50. The van der Waals surface area contributed by atoms with Crippen LogP contribution >= 0.6 is 11.8 Å². The van der Waals surface area contributed by atoms with Crippen molar-refractivity contribution in [3.63, 3.8) is 0 Å². The van der Waals surface area contributed by atoms with E-state index in [1.165, 1.54) is 29.7 Å². The van der Waals surface area contributed by atoms with Crippen LogP contribution in [0, 0.1) is 6.92 Å². The van der Waals surface area contributed by atoms with Gasteiger partial charge >= 0.3 is 0 Å². The van der Waals surface area contributed by atoms with Crippen LogP contribution in [0.3, 0.4) is 0 Å². The lowest BCUT2D eigenvalue weighted by atomic mass is 9.90. The van der Waals surface area contributed by atoms with E-state index in [2.05, 4.69) is 49.9 Å². The first-order valence-corrected chi connectivity index (χ1v) is 7.04. The zero-order chi connectivity index (χ0) is 11.6. The third kappa shape index (κ3) is 2.44. The molecule has 0 aromatic heterocycles. The number of hydrogen-bond donors (Lipinski definition) is 1. The van der Waals surface area contributed by atoms with Crippen LogP contribution in [0.25, 0.3) is 0 Å². The molecule has 1 fully saturated rings. The van der Waals surface area contributed by atoms with E-state index in [9.17, 15) is 0 Å². The van der Waals surface area contributed by atoms with Crippen LogP contribution in [0.4, 0.5) is 0 Å². The molecule has 1 saturated heterocycles. The quantitative estimate of drug-likeness (QED) is 0.871. The molecule has 1 nitrogen and oxygen atoms in total. The van der Waals surface area contributed by atoms with Crippen molar-refractivity contribution >= 4 is 11.8 Å². The predicted octanol–water partition coefficient (Wildman–Crippen LogP) is 3.15. The van der Waals surface area contributed by atoms with Gasteiger partial charge in [-0.15, -0.1) is 0 Å². The summed E-state index contributed by atoms with van der Waals surface area (Å²) in [5, 5.41) is 0. The summed E-state index contributed by atoms with van der Waals surface area (Å²) < 4.78 is 0.294. The molecule has 2 heteroatoms.